The predicted octanol–water partition coefficient (Wildman–Crippen LogP) is 0.877. The second-order valence-corrected chi connectivity index (χ2v) is 9.49. The van der Waals surface area contributed by atoms with Crippen molar-refractivity contribution in [3.05, 3.63) is 36.0 Å². The molecule has 1 aromatic carbocycles. The number of aromatic amines is 1. The Morgan fingerprint density at radius 3 is 2.57 bits per heavy atom. The second-order valence-electron chi connectivity index (χ2n) is 9.49. The zero-order valence-corrected chi connectivity index (χ0v) is 19.9. The van der Waals surface area contributed by atoms with Gasteiger partial charge < -0.3 is 25.8 Å². The summed E-state index contributed by atoms with van der Waals surface area (Å²) in [5.74, 6) is -3.06. The lowest BCUT2D eigenvalue weighted by Gasteiger charge is -2.26. The summed E-state index contributed by atoms with van der Waals surface area (Å²) < 4.78 is 0. The number of ketones is 1. The van der Waals surface area contributed by atoms with Crippen molar-refractivity contribution < 1.29 is 24.0 Å². The zero-order valence-electron chi connectivity index (χ0n) is 19.9. The smallest absolute Gasteiger partial charge is 0.289 e. The number of Topliss-reactive ketones (excluding diaryl/α,β-unsaturated/α-hetero) is 1. The van der Waals surface area contributed by atoms with Crippen LogP contribution in [0.4, 0.5) is 0 Å². The van der Waals surface area contributed by atoms with Gasteiger partial charge in [0.15, 0.2) is 0 Å². The maximum absolute atomic E-state index is 13.3. The molecule has 186 valence electrons. The Bertz CT molecular complexity index is 1120. The summed E-state index contributed by atoms with van der Waals surface area (Å²) in [7, 11) is 0. The lowest BCUT2D eigenvalue weighted by Crippen LogP contribution is -2.54. The van der Waals surface area contributed by atoms with Gasteiger partial charge in [0.1, 0.15) is 11.7 Å². The first-order valence-corrected chi connectivity index (χ1v) is 12.1. The quantitative estimate of drug-likeness (QED) is 0.414. The van der Waals surface area contributed by atoms with Crippen LogP contribution in [-0.4, -0.2) is 70.5 Å². The van der Waals surface area contributed by atoms with Gasteiger partial charge in [-0.3, -0.25) is 24.0 Å². The molecule has 4 N–H and O–H groups in total. The first-order chi connectivity index (χ1) is 16.7. The molecule has 4 rings (SSSR count). The minimum absolute atomic E-state index is 0.0323. The maximum Gasteiger partial charge on any atom is 0.289 e. The van der Waals surface area contributed by atoms with Crippen LogP contribution in [-0.2, 0) is 19.2 Å². The van der Waals surface area contributed by atoms with Gasteiger partial charge in [0.05, 0.1) is 6.04 Å². The van der Waals surface area contributed by atoms with Crippen molar-refractivity contribution in [3.63, 3.8) is 0 Å². The molecule has 3 heterocycles. The number of rotatable bonds is 8. The van der Waals surface area contributed by atoms with Gasteiger partial charge in [-0.05, 0) is 51.7 Å². The van der Waals surface area contributed by atoms with Crippen LogP contribution in [0.15, 0.2) is 30.3 Å². The Balaban J connectivity index is 1.50. The number of para-hydroxylation sites is 1. The van der Waals surface area contributed by atoms with E-state index in [-0.39, 0.29) is 24.3 Å². The highest BCUT2D eigenvalue weighted by Gasteiger charge is 2.39. The van der Waals surface area contributed by atoms with Crippen molar-refractivity contribution in [2.24, 2.45) is 5.92 Å². The van der Waals surface area contributed by atoms with Crippen molar-refractivity contribution in [2.45, 2.75) is 57.7 Å². The van der Waals surface area contributed by atoms with E-state index in [9.17, 15) is 24.0 Å². The summed E-state index contributed by atoms with van der Waals surface area (Å²) in [4.78, 5) is 68.5. The van der Waals surface area contributed by atoms with Crippen LogP contribution in [0.25, 0.3) is 10.9 Å². The molecule has 10 nitrogen and oxygen atoms in total. The highest BCUT2D eigenvalue weighted by atomic mass is 16.2. The maximum atomic E-state index is 13.3. The number of nitrogens with one attached hydrogen (secondary N) is 4. The molecular formula is C25H31N5O5. The summed E-state index contributed by atoms with van der Waals surface area (Å²) in [6, 6.07) is 7.11. The normalized spacial score (nSPS) is 20.7. The number of carbonyl (C=O) groups excluding carboxylic acids is 5. The Labute approximate surface area is 203 Å². The highest BCUT2D eigenvalue weighted by molar-refractivity contribution is 6.38. The Morgan fingerprint density at radius 1 is 1.11 bits per heavy atom. The lowest BCUT2D eigenvalue weighted by atomic mass is 9.95. The molecule has 35 heavy (non-hydrogen) atoms. The first kappa shape index (κ1) is 24.4. The van der Waals surface area contributed by atoms with Crippen molar-refractivity contribution in [3.8, 4) is 0 Å². The molecule has 2 aromatic rings. The fourth-order valence-electron chi connectivity index (χ4n) is 4.77. The molecular weight excluding hydrogens is 450 g/mol. The van der Waals surface area contributed by atoms with E-state index >= 15 is 0 Å². The number of aromatic nitrogens is 1. The zero-order chi connectivity index (χ0) is 25.1. The number of fused-ring (bicyclic) bond motifs is 1. The van der Waals surface area contributed by atoms with Gasteiger partial charge in [-0.25, -0.2) is 0 Å². The molecule has 2 saturated heterocycles. The number of hydrogen-bond acceptors (Lipinski definition) is 5. The molecule has 3 atom stereocenters. The summed E-state index contributed by atoms with van der Waals surface area (Å²) in [6.45, 7) is 4.36. The first-order valence-electron chi connectivity index (χ1n) is 12.1. The van der Waals surface area contributed by atoms with Gasteiger partial charge >= 0.3 is 0 Å². The minimum atomic E-state index is -1.15. The largest absolute Gasteiger partial charge is 0.356 e. The third kappa shape index (κ3) is 5.36. The standard InChI is InChI=1S/C25H31N5O5/c1-14(2)27-24(34)21(31)18(13-16-9-10-26-22(16)32)29-23(33)20-8-5-11-30(20)25(35)19-12-15-6-3-4-7-17(15)28-19/h3-4,6-7,12,14,16,18,20,28H,5,8-11,13H2,1-2H3,(H,26,32)(H,27,34)(H,29,33). The van der Waals surface area contributed by atoms with Crippen molar-refractivity contribution >= 4 is 40.3 Å². The fourth-order valence-corrected chi connectivity index (χ4v) is 4.77. The molecule has 4 amide bonds. The van der Waals surface area contributed by atoms with E-state index in [0.29, 0.717) is 38.0 Å². The molecule has 10 heteroatoms. The number of carbonyl (C=O) groups is 5. The van der Waals surface area contributed by atoms with Crippen LogP contribution in [0.2, 0.25) is 0 Å². The summed E-state index contributed by atoms with van der Waals surface area (Å²) in [5.41, 5.74) is 1.21. The molecule has 0 spiro atoms. The van der Waals surface area contributed by atoms with E-state index in [1.54, 1.807) is 19.9 Å². The Kier molecular flexibility index (Phi) is 7.18. The van der Waals surface area contributed by atoms with E-state index in [2.05, 4.69) is 20.9 Å². The van der Waals surface area contributed by atoms with E-state index < -0.39 is 35.6 Å². The van der Waals surface area contributed by atoms with Gasteiger partial charge in [-0.15, -0.1) is 0 Å². The molecule has 0 radical (unpaired) electrons. The van der Waals surface area contributed by atoms with Crippen molar-refractivity contribution in [2.75, 3.05) is 13.1 Å². The van der Waals surface area contributed by atoms with E-state index in [0.717, 1.165) is 10.9 Å². The van der Waals surface area contributed by atoms with Gasteiger partial charge in [0, 0.05) is 36.0 Å². The second kappa shape index (κ2) is 10.3. The number of H-pyrrole nitrogens is 1. The minimum Gasteiger partial charge on any atom is -0.356 e. The lowest BCUT2D eigenvalue weighted by molar-refractivity contribution is -0.141. The monoisotopic (exact) mass is 481 g/mol. The molecule has 0 aliphatic carbocycles. The summed E-state index contributed by atoms with van der Waals surface area (Å²) >= 11 is 0. The average molecular weight is 482 g/mol. The van der Waals surface area contributed by atoms with E-state index in [4.69, 9.17) is 0 Å². The SMILES string of the molecule is CC(C)NC(=O)C(=O)C(CC1CCNC1=O)NC(=O)C1CCCN1C(=O)c1cc2ccccc2[nH]1. The Hall–Kier alpha value is -3.69. The van der Waals surface area contributed by atoms with Gasteiger partial charge in [-0.2, -0.15) is 0 Å². The number of amides is 4. The van der Waals surface area contributed by atoms with Crippen LogP contribution in [0.1, 0.15) is 50.0 Å². The predicted molar refractivity (Wildman–Crippen MR) is 128 cm³/mol. The van der Waals surface area contributed by atoms with Gasteiger partial charge in [0.2, 0.25) is 17.6 Å². The average Bonchev–Trinajstić information content (AvgIpc) is 3.56. The van der Waals surface area contributed by atoms with Gasteiger partial charge in [0.25, 0.3) is 11.8 Å². The molecule has 2 fully saturated rings. The van der Waals surface area contributed by atoms with E-state index in [1.165, 1.54) is 4.90 Å². The molecule has 0 bridgehead atoms. The van der Waals surface area contributed by atoms with Crippen LogP contribution in [0, 0.1) is 5.92 Å². The summed E-state index contributed by atoms with van der Waals surface area (Å²) in [5, 5.41) is 8.85. The van der Waals surface area contributed by atoms with Crippen LogP contribution >= 0.6 is 0 Å². The number of nitrogens with zero attached hydrogens (tertiary/aromatic N) is 1. The third-order valence-electron chi connectivity index (χ3n) is 6.54. The molecule has 1 aromatic heterocycles. The summed E-state index contributed by atoms with van der Waals surface area (Å²) in [6.07, 6.45) is 1.64. The molecule has 3 unspecified atom stereocenters. The highest BCUT2D eigenvalue weighted by Crippen LogP contribution is 2.23. The van der Waals surface area contributed by atoms with Crippen LogP contribution in [0.3, 0.4) is 0 Å². The van der Waals surface area contributed by atoms with Crippen molar-refractivity contribution in [1.29, 1.82) is 0 Å². The molecule has 2 aliphatic rings. The van der Waals surface area contributed by atoms with Crippen LogP contribution in [0.5, 0.6) is 0 Å². The number of benzene rings is 1. The number of likely N-dealkylation sites (tertiary alicyclic amines) is 1. The van der Waals surface area contributed by atoms with Crippen LogP contribution < -0.4 is 16.0 Å². The molecule has 2 aliphatic heterocycles. The topological polar surface area (TPSA) is 140 Å². The Morgan fingerprint density at radius 2 is 1.89 bits per heavy atom. The molecule has 0 saturated carbocycles. The van der Waals surface area contributed by atoms with E-state index in [1.807, 2.05) is 24.3 Å². The fraction of sp³-hybridized carbons (Fsp3) is 0.480. The van der Waals surface area contributed by atoms with Gasteiger partial charge in [-0.1, -0.05) is 18.2 Å². The third-order valence-corrected chi connectivity index (χ3v) is 6.54. The van der Waals surface area contributed by atoms with Crippen molar-refractivity contribution in [1.82, 2.24) is 25.8 Å². The number of hydrogen-bond donors (Lipinski definition) is 4.